The highest BCUT2D eigenvalue weighted by Gasteiger charge is 2.20. The van der Waals surface area contributed by atoms with Crippen LogP contribution in [0.5, 0.6) is 5.88 Å². The van der Waals surface area contributed by atoms with Gasteiger partial charge in [-0.05, 0) is 12.1 Å². The van der Waals surface area contributed by atoms with E-state index in [0.29, 0.717) is 18.0 Å². The third-order valence-corrected chi connectivity index (χ3v) is 3.91. The maximum atomic E-state index is 11.9. The zero-order valence-corrected chi connectivity index (χ0v) is 12.0. The van der Waals surface area contributed by atoms with E-state index < -0.39 is 0 Å². The Kier molecular flexibility index (Phi) is 2.82. The van der Waals surface area contributed by atoms with Crippen molar-refractivity contribution in [3.63, 3.8) is 0 Å². The van der Waals surface area contributed by atoms with Crippen LogP contribution in [-0.2, 0) is 6.42 Å². The molecule has 3 aromatic rings. The van der Waals surface area contributed by atoms with Gasteiger partial charge in [-0.25, -0.2) is 4.98 Å². The first-order valence-corrected chi connectivity index (χ1v) is 7.05. The molecule has 4 heterocycles. The fourth-order valence-corrected chi connectivity index (χ4v) is 2.81. The highest BCUT2D eigenvalue weighted by atomic mass is 16.5. The van der Waals surface area contributed by atoms with E-state index in [-0.39, 0.29) is 5.91 Å². The zero-order valence-electron chi connectivity index (χ0n) is 12.0. The van der Waals surface area contributed by atoms with E-state index in [9.17, 15) is 4.79 Å². The van der Waals surface area contributed by atoms with Gasteiger partial charge in [0.05, 0.1) is 24.4 Å². The van der Waals surface area contributed by atoms with Gasteiger partial charge in [-0.15, -0.1) is 0 Å². The van der Waals surface area contributed by atoms with Crippen molar-refractivity contribution in [3.05, 3.63) is 41.9 Å². The molecule has 0 saturated carbocycles. The molecule has 6 heteroatoms. The van der Waals surface area contributed by atoms with Crippen molar-refractivity contribution in [2.24, 2.45) is 0 Å². The molecule has 0 radical (unpaired) electrons. The lowest BCUT2D eigenvalue weighted by atomic mass is 10.1. The minimum atomic E-state index is -0.0265. The number of nitrogens with zero attached hydrogens (tertiary/aromatic N) is 2. The summed E-state index contributed by atoms with van der Waals surface area (Å²) in [6.07, 6.45) is 4.24. The van der Waals surface area contributed by atoms with Gasteiger partial charge in [0.1, 0.15) is 0 Å². The van der Waals surface area contributed by atoms with Gasteiger partial charge in [0.2, 0.25) is 5.88 Å². The lowest BCUT2D eigenvalue weighted by molar-refractivity contribution is 0.0946. The fraction of sp³-hybridized carbons (Fsp3) is 0.188. The van der Waals surface area contributed by atoms with Crippen molar-refractivity contribution < 1.29 is 9.53 Å². The summed E-state index contributed by atoms with van der Waals surface area (Å²) in [5, 5.41) is 3.80. The van der Waals surface area contributed by atoms with Crippen molar-refractivity contribution in [1.82, 2.24) is 20.3 Å². The first kappa shape index (κ1) is 12.8. The predicted molar refractivity (Wildman–Crippen MR) is 81.9 cm³/mol. The standard InChI is InChI=1S/C16H14N4O2/c1-22-15-7-10-9(2-4-17-14(10)8-19-15)13-6-11-12(20-13)3-5-18-16(11)21/h2,4,6-8,20H,3,5H2,1H3,(H,18,21). The summed E-state index contributed by atoms with van der Waals surface area (Å²) < 4.78 is 5.20. The van der Waals surface area contributed by atoms with E-state index in [2.05, 4.69) is 20.3 Å². The first-order chi connectivity index (χ1) is 10.8. The van der Waals surface area contributed by atoms with Crippen molar-refractivity contribution >= 4 is 16.8 Å². The lowest BCUT2D eigenvalue weighted by Crippen LogP contribution is -2.31. The fourth-order valence-electron chi connectivity index (χ4n) is 2.81. The van der Waals surface area contributed by atoms with Gasteiger partial charge < -0.3 is 15.0 Å². The number of carbonyl (C=O) groups is 1. The Balaban J connectivity index is 1.92. The third-order valence-electron chi connectivity index (χ3n) is 3.91. The molecule has 0 saturated heterocycles. The number of methoxy groups -OCH3 is 1. The van der Waals surface area contributed by atoms with E-state index in [1.807, 2.05) is 18.2 Å². The molecular formula is C16H14N4O2. The van der Waals surface area contributed by atoms with Crippen molar-refractivity contribution in [3.8, 4) is 17.1 Å². The molecule has 4 rings (SSSR count). The number of fused-ring (bicyclic) bond motifs is 2. The molecule has 1 aliphatic rings. The number of hydrogen-bond acceptors (Lipinski definition) is 4. The normalized spacial score (nSPS) is 13.8. The monoisotopic (exact) mass is 294 g/mol. The van der Waals surface area contributed by atoms with Crippen molar-refractivity contribution in [1.29, 1.82) is 0 Å². The quantitative estimate of drug-likeness (QED) is 0.756. The van der Waals surface area contributed by atoms with E-state index in [1.54, 1.807) is 19.5 Å². The summed E-state index contributed by atoms with van der Waals surface area (Å²) in [4.78, 5) is 23.8. The highest BCUT2D eigenvalue weighted by molar-refractivity contribution is 6.00. The van der Waals surface area contributed by atoms with Crippen LogP contribution in [0.2, 0.25) is 0 Å². The number of aromatic amines is 1. The van der Waals surface area contributed by atoms with Gasteiger partial charge in [0.15, 0.2) is 0 Å². The summed E-state index contributed by atoms with van der Waals surface area (Å²) in [6.45, 7) is 0.667. The van der Waals surface area contributed by atoms with Crippen LogP contribution in [0.15, 0.2) is 30.6 Å². The minimum Gasteiger partial charge on any atom is -0.481 e. The second-order valence-electron chi connectivity index (χ2n) is 5.18. The van der Waals surface area contributed by atoms with Crippen LogP contribution in [0.1, 0.15) is 16.1 Å². The molecule has 0 unspecified atom stereocenters. The topological polar surface area (TPSA) is 79.9 Å². The molecule has 22 heavy (non-hydrogen) atoms. The number of rotatable bonds is 2. The molecular weight excluding hydrogens is 280 g/mol. The number of hydrogen-bond donors (Lipinski definition) is 2. The van der Waals surface area contributed by atoms with Crippen LogP contribution >= 0.6 is 0 Å². The Hall–Kier alpha value is -2.89. The van der Waals surface area contributed by atoms with E-state index in [1.165, 1.54) is 0 Å². The maximum Gasteiger partial charge on any atom is 0.253 e. The van der Waals surface area contributed by atoms with Gasteiger partial charge in [0, 0.05) is 47.6 Å². The number of pyridine rings is 2. The van der Waals surface area contributed by atoms with Crippen molar-refractivity contribution in [2.45, 2.75) is 6.42 Å². The molecule has 110 valence electrons. The van der Waals surface area contributed by atoms with Crippen molar-refractivity contribution in [2.75, 3.05) is 13.7 Å². The number of amides is 1. The molecule has 2 N–H and O–H groups in total. The summed E-state index contributed by atoms with van der Waals surface area (Å²) >= 11 is 0. The summed E-state index contributed by atoms with van der Waals surface area (Å²) in [7, 11) is 1.59. The average Bonchev–Trinajstić information content (AvgIpc) is 2.99. The van der Waals surface area contributed by atoms with Crippen LogP contribution in [0, 0.1) is 0 Å². The second-order valence-corrected chi connectivity index (χ2v) is 5.18. The van der Waals surface area contributed by atoms with Crippen LogP contribution in [-0.4, -0.2) is 34.5 Å². The molecule has 0 bridgehead atoms. The molecule has 0 aromatic carbocycles. The average molecular weight is 294 g/mol. The Morgan fingerprint density at radius 1 is 1.23 bits per heavy atom. The Bertz CT molecular complexity index is 885. The Morgan fingerprint density at radius 2 is 2.14 bits per heavy atom. The molecule has 6 nitrogen and oxygen atoms in total. The molecule has 1 aliphatic heterocycles. The third kappa shape index (κ3) is 1.92. The van der Waals surface area contributed by atoms with Gasteiger partial charge in [-0.1, -0.05) is 0 Å². The number of aromatic nitrogens is 3. The van der Waals surface area contributed by atoms with Crippen LogP contribution in [0.4, 0.5) is 0 Å². The van der Waals surface area contributed by atoms with Gasteiger partial charge in [-0.2, -0.15) is 0 Å². The Morgan fingerprint density at radius 3 is 2.95 bits per heavy atom. The van der Waals surface area contributed by atoms with Crippen LogP contribution in [0.25, 0.3) is 22.2 Å². The number of ether oxygens (including phenoxy) is 1. The van der Waals surface area contributed by atoms with E-state index in [0.717, 1.165) is 34.3 Å². The van der Waals surface area contributed by atoms with Gasteiger partial charge in [-0.3, -0.25) is 9.78 Å². The molecule has 0 spiro atoms. The summed E-state index contributed by atoms with van der Waals surface area (Å²) in [5.74, 6) is 0.511. The smallest absolute Gasteiger partial charge is 0.253 e. The first-order valence-electron chi connectivity index (χ1n) is 7.05. The second kappa shape index (κ2) is 4.84. The molecule has 3 aromatic heterocycles. The molecule has 0 fully saturated rings. The summed E-state index contributed by atoms with van der Waals surface area (Å²) in [5.41, 5.74) is 4.36. The lowest BCUT2D eigenvalue weighted by Gasteiger charge is -2.11. The van der Waals surface area contributed by atoms with Gasteiger partial charge in [0.25, 0.3) is 5.91 Å². The zero-order chi connectivity index (χ0) is 15.1. The largest absolute Gasteiger partial charge is 0.481 e. The number of H-pyrrole nitrogens is 1. The predicted octanol–water partition coefficient (Wildman–Crippen LogP) is 1.92. The number of carbonyl (C=O) groups excluding carboxylic acids is 1. The maximum absolute atomic E-state index is 11.9. The van der Waals surface area contributed by atoms with E-state index >= 15 is 0 Å². The van der Waals surface area contributed by atoms with Crippen LogP contribution < -0.4 is 10.1 Å². The molecule has 0 atom stereocenters. The van der Waals surface area contributed by atoms with Crippen LogP contribution in [0.3, 0.4) is 0 Å². The molecule has 1 amide bonds. The SMILES string of the molecule is COc1cc2c(-c3cc4c([nH]3)CCNC4=O)ccnc2cn1. The number of nitrogens with one attached hydrogen (secondary N) is 2. The molecule has 0 aliphatic carbocycles. The van der Waals surface area contributed by atoms with E-state index in [4.69, 9.17) is 4.74 Å². The highest BCUT2D eigenvalue weighted by Crippen LogP contribution is 2.30. The summed E-state index contributed by atoms with van der Waals surface area (Å²) in [6, 6.07) is 5.68. The Labute approximate surface area is 126 Å². The van der Waals surface area contributed by atoms with Gasteiger partial charge >= 0.3 is 0 Å². The minimum absolute atomic E-state index is 0.0265.